The van der Waals surface area contributed by atoms with Crippen molar-refractivity contribution in [2.45, 2.75) is 249 Å². The summed E-state index contributed by atoms with van der Waals surface area (Å²) in [4.78, 5) is 35.8. The highest BCUT2D eigenvalue weighted by atomic mass is 31.2. The smallest absolute Gasteiger partial charge is 0.462 e. The minimum Gasteiger partial charge on any atom is -0.462 e. The minimum atomic E-state index is -5.12. The van der Waals surface area contributed by atoms with Crippen LogP contribution in [0.5, 0.6) is 0 Å². The van der Waals surface area contributed by atoms with Crippen LogP contribution in [0.25, 0.3) is 0 Å². The first-order chi connectivity index (χ1) is 30.4. The SMILES string of the molecule is CCCCC/C=C\C/C=C\CCCCCCCCCCCC(=O)OC[C@H](COP(=O)(O)OC1C(O)C(O)C(O)[C@@H](O)C1O)OC(=O)CCCCCCC/C=C\CCCCCCCC. The zero-order chi connectivity index (χ0) is 46.4. The van der Waals surface area contributed by atoms with E-state index in [1.807, 2.05) is 0 Å². The molecule has 0 aliphatic heterocycles. The lowest BCUT2D eigenvalue weighted by atomic mass is 9.85. The van der Waals surface area contributed by atoms with Crippen LogP contribution in [-0.4, -0.2) is 98.3 Å². The third-order valence-corrected chi connectivity index (χ3v) is 12.4. The van der Waals surface area contributed by atoms with E-state index in [9.17, 15) is 44.6 Å². The van der Waals surface area contributed by atoms with Crippen LogP contribution in [0.3, 0.4) is 0 Å². The summed E-state index contributed by atoms with van der Waals surface area (Å²) in [5, 5.41) is 50.2. The third kappa shape index (κ3) is 31.6. The largest absolute Gasteiger partial charge is 0.472 e. The Labute approximate surface area is 380 Å². The Morgan fingerprint density at radius 3 is 1.33 bits per heavy atom. The van der Waals surface area contributed by atoms with Gasteiger partial charge < -0.3 is 39.9 Å². The molecule has 6 N–H and O–H groups in total. The number of phosphoric ester groups is 1. The molecule has 0 bridgehead atoms. The molecule has 0 spiro atoms. The Kier molecular flexibility index (Phi) is 36.8. The molecule has 14 heteroatoms. The van der Waals surface area contributed by atoms with Crippen molar-refractivity contribution in [2.75, 3.05) is 13.2 Å². The number of unbranched alkanes of at least 4 members (excludes halogenated alkanes) is 23. The number of aliphatic hydroxyl groups is 5. The van der Waals surface area contributed by atoms with Gasteiger partial charge in [-0.05, 0) is 70.6 Å². The maximum Gasteiger partial charge on any atom is 0.472 e. The molecule has 0 aromatic rings. The van der Waals surface area contributed by atoms with E-state index >= 15 is 0 Å². The average Bonchev–Trinajstić information content (AvgIpc) is 3.26. The molecular formula is C49H89O13P. The summed E-state index contributed by atoms with van der Waals surface area (Å²) in [6.45, 7) is 3.27. The van der Waals surface area contributed by atoms with Gasteiger partial charge in [0.25, 0.3) is 0 Å². The highest BCUT2D eigenvalue weighted by molar-refractivity contribution is 7.47. The molecule has 0 saturated heterocycles. The van der Waals surface area contributed by atoms with E-state index in [0.29, 0.717) is 12.8 Å². The van der Waals surface area contributed by atoms with Crippen LogP contribution in [-0.2, 0) is 32.7 Å². The summed E-state index contributed by atoms with van der Waals surface area (Å²) >= 11 is 0. The zero-order valence-electron chi connectivity index (χ0n) is 39.1. The molecule has 6 unspecified atom stereocenters. The topological polar surface area (TPSA) is 210 Å². The molecule has 0 amide bonds. The van der Waals surface area contributed by atoms with E-state index in [2.05, 4.69) is 50.3 Å². The van der Waals surface area contributed by atoms with E-state index in [1.54, 1.807) is 0 Å². The third-order valence-electron chi connectivity index (χ3n) is 11.5. The Bertz CT molecular complexity index is 1240. The second kappa shape index (κ2) is 39.3. The van der Waals surface area contributed by atoms with E-state index in [0.717, 1.165) is 77.0 Å². The van der Waals surface area contributed by atoms with Crippen molar-refractivity contribution in [1.82, 2.24) is 0 Å². The van der Waals surface area contributed by atoms with Crippen LogP contribution >= 0.6 is 7.82 Å². The zero-order valence-corrected chi connectivity index (χ0v) is 40.0. The maximum atomic E-state index is 12.8. The molecule has 0 radical (unpaired) electrons. The number of hydrogen-bond donors (Lipinski definition) is 6. The van der Waals surface area contributed by atoms with Gasteiger partial charge in [0.1, 0.15) is 43.2 Å². The molecule has 1 aliphatic carbocycles. The van der Waals surface area contributed by atoms with Gasteiger partial charge in [-0.2, -0.15) is 0 Å². The second-order valence-electron chi connectivity index (χ2n) is 17.3. The van der Waals surface area contributed by atoms with Crippen molar-refractivity contribution in [1.29, 1.82) is 0 Å². The van der Waals surface area contributed by atoms with Gasteiger partial charge >= 0.3 is 19.8 Å². The normalized spacial score (nSPS) is 22.0. The van der Waals surface area contributed by atoms with Gasteiger partial charge in [-0.25, -0.2) is 4.57 Å². The first-order valence-corrected chi connectivity index (χ1v) is 26.3. The van der Waals surface area contributed by atoms with Crippen molar-refractivity contribution in [3.05, 3.63) is 36.5 Å². The monoisotopic (exact) mass is 917 g/mol. The highest BCUT2D eigenvalue weighted by Gasteiger charge is 2.51. The summed E-state index contributed by atoms with van der Waals surface area (Å²) in [5.74, 6) is -1.11. The van der Waals surface area contributed by atoms with Crippen LogP contribution in [0.1, 0.15) is 206 Å². The van der Waals surface area contributed by atoms with E-state index in [1.165, 1.54) is 89.9 Å². The van der Waals surface area contributed by atoms with Crippen LogP contribution in [0.2, 0.25) is 0 Å². The molecule has 0 aromatic heterocycles. The standard InChI is InChI=1S/C49H89O13P/c1-3-5-7-9-11-13-15-17-19-20-21-22-24-25-27-29-31-33-35-37-42(50)59-39-41(40-60-63(57,58)62-49-47(55)45(53)44(52)46(54)48(49)56)61-43(51)38-36-34-32-30-28-26-23-18-16-14-12-10-8-6-4-2/h11,13,17-19,23,41,44-49,52-56H,3-10,12,14-16,20-22,24-40H2,1-2H3,(H,57,58)/b13-11-,19-17-,23-18-/t41-,44?,45-,46?,47?,48?,49?/m1/s1. The van der Waals surface area contributed by atoms with Gasteiger partial charge in [0.05, 0.1) is 6.61 Å². The first kappa shape index (κ1) is 59.1. The predicted octanol–water partition coefficient (Wildman–Crippen LogP) is 10.2. The predicted molar refractivity (Wildman–Crippen MR) is 249 cm³/mol. The maximum absolute atomic E-state index is 12.8. The molecule has 0 heterocycles. The molecule has 8 atom stereocenters. The van der Waals surface area contributed by atoms with Crippen molar-refractivity contribution < 1.29 is 63.1 Å². The van der Waals surface area contributed by atoms with Gasteiger partial charge in [0.2, 0.25) is 0 Å². The van der Waals surface area contributed by atoms with Crippen LogP contribution in [0.4, 0.5) is 0 Å². The van der Waals surface area contributed by atoms with Crippen LogP contribution < -0.4 is 0 Å². The van der Waals surface area contributed by atoms with E-state index < -0.39 is 75.7 Å². The number of esters is 2. The Hall–Kier alpha value is -1.93. The molecule has 1 rings (SSSR count). The lowest BCUT2D eigenvalue weighted by Crippen LogP contribution is -2.64. The number of phosphoric acid groups is 1. The fraction of sp³-hybridized carbons (Fsp3) is 0.837. The number of ether oxygens (including phenoxy) is 2. The van der Waals surface area contributed by atoms with Gasteiger partial charge in [0, 0.05) is 12.8 Å². The Morgan fingerprint density at radius 2 is 0.857 bits per heavy atom. The molecule has 368 valence electrons. The number of hydrogen-bond acceptors (Lipinski definition) is 12. The van der Waals surface area contributed by atoms with E-state index in [-0.39, 0.29) is 12.8 Å². The van der Waals surface area contributed by atoms with E-state index in [4.69, 9.17) is 18.5 Å². The average molecular weight is 917 g/mol. The molecule has 13 nitrogen and oxygen atoms in total. The molecular weight excluding hydrogens is 827 g/mol. The van der Waals surface area contributed by atoms with Crippen LogP contribution in [0, 0.1) is 0 Å². The van der Waals surface area contributed by atoms with Gasteiger partial charge in [0.15, 0.2) is 6.10 Å². The van der Waals surface area contributed by atoms with Gasteiger partial charge in [-0.15, -0.1) is 0 Å². The number of carbonyl (C=O) groups is 2. The Morgan fingerprint density at radius 1 is 0.492 bits per heavy atom. The Balaban J connectivity index is 2.42. The summed E-state index contributed by atoms with van der Waals surface area (Å²) < 4.78 is 33.6. The van der Waals surface area contributed by atoms with Crippen molar-refractivity contribution in [2.24, 2.45) is 0 Å². The number of allylic oxidation sites excluding steroid dienone is 6. The summed E-state index contributed by atoms with van der Waals surface area (Å²) in [7, 11) is -5.12. The summed E-state index contributed by atoms with van der Waals surface area (Å²) in [6.07, 6.45) is 31.9. The number of aliphatic hydroxyl groups excluding tert-OH is 5. The fourth-order valence-electron chi connectivity index (χ4n) is 7.43. The van der Waals surface area contributed by atoms with Crippen LogP contribution in [0.15, 0.2) is 36.5 Å². The number of rotatable bonds is 41. The quantitative estimate of drug-likeness (QED) is 0.0146. The summed E-state index contributed by atoms with van der Waals surface area (Å²) in [6, 6.07) is 0. The molecule has 1 aliphatic rings. The first-order valence-electron chi connectivity index (χ1n) is 24.8. The lowest BCUT2D eigenvalue weighted by molar-refractivity contribution is -0.220. The van der Waals surface area contributed by atoms with Crippen molar-refractivity contribution in [3.8, 4) is 0 Å². The van der Waals surface area contributed by atoms with Crippen molar-refractivity contribution >= 4 is 19.8 Å². The second-order valence-corrected chi connectivity index (χ2v) is 18.7. The highest BCUT2D eigenvalue weighted by Crippen LogP contribution is 2.47. The number of carbonyl (C=O) groups excluding carboxylic acids is 2. The molecule has 63 heavy (non-hydrogen) atoms. The minimum absolute atomic E-state index is 0.0865. The molecule has 1 fully saturated rings. The lowest BCUT2D eigenvalue weighted by Gasteiger charge is -2.41. The summed E-state index contributed by atoms with van der Waals surface area (Å²) in [5.41, 5.74) is 0. The fourth-order valence-corrected chi connectivity index (χ4v) is 8.40. The molecule has 1 saturated carbocycles. The van der Waals surface area contributed by atoms with Gasteiger partial charge in [-0.1, -0.05) is 159 Å². The van der Waals surface area contributed by atoms with Crippen molar-refractivity contribution in [3.63, 3.8) is 0 Å². The molecule has 0 aromatic carbocycles. The van der Waals surface area contributed by atoms with Gasteiger partial charge in [-0.3, -0.25) is 18.6 Å².